The molecule has 0 saturated carbocycles. The minimum atomic E-state index is -0.803. The van der Waals surface area contributed by atoms with E-state index in [-0.39, 0.29) is 31.1 Å². The van der Waals surface area contributed by atoms with Crippen LogP contribution in [-0.2, 0) is 28.6 Å². The second-order valence-electron chi connectivity index (χ2n) is 22.3. The number of unbranched alkanes of at least 4 members (excludes halogenated alkanes) is 26. The second-order valence-corrected chi connectivity index (χ2v) is 22.3. The van der Waals surface area contributed by atoms with Crippen molar-refractivity contribution >= 4 is 17.9 Å². The van der Waals surface area contributed by atoms with E-state index in [9.17, 15) is 14.4 Å². The van der Waals surface area contributed by atoms with Crippen LogP contribution in [0.4, 0.5) is 0 Å². The number of ether oxygens (including phenoxy) is 3. The predicted octanol–water partition coefficient (Wildman–Crippen LogP) is 23.9. The molecule has 0 aromatic carbocycles. The summed E-state index contributed by atoms with van der Waals surface area (Å²) in [7, 11) is 0. The summed E-state index contributed by atoms with van der Waals surface area (Å²) < 4.78 is 16.9. The van der Waals surface area contributed by atoms with Crippen molar-refractivity contribution < 1.29 is 28.6 Å². The van der Waals surface area contributed by atoms with Crippen LogP contribution in [0.1, 0.15) is 303 Å². The van der Waals surface area contributed by atoms with Crippen molar-refractivity contribution in [3.8, 4) is 0 Å². The molecule has 0 saturated heterocycles. The van der Waals surface area contributed by atoms with E-state index >= 15 is 0 Å². The van der Waals surface area contributed by atoms with Crippen molar-refractivity contribution in [2.75, 3.05) is 13.2 Å². The van der Waals surface area contributed by atoms with Gasteiger partial charge >= 0.3 is 17.9 Å². The van der Waals surface area contributed by atoms with Crippen molar-refractivity contribution in [2.24, 2.45) is 0 Å². The number of esters is 3. The summed E-state index contributed by atoms with van der Waals surface area (Å²) in [5.41, 5.74) is 0. The lowest BCUT2D eigenvalue weighted by Crippen LogP contribution is -2.30. The Bertz CT molecular complexity index is 1800. The maximum Gasteiger partial charge on any atom is 0.306 e. The van der Waals surface area contributed by atoms with E-state index in [0.717, 1.165) is 141 Å². The van der Waals surface area contributed by atoms with Crippen LogP contribution >= 0.6 is 0 Å². The highest BCUT2D eigenvalue weighted by molar-refractivity contribution is 5.71. The summed E-state index contributed by atoms with van der Waals surface area (Å²) >= 11 is 0. The lowest BCUT2D eigenvalue weighted by Gasteiger charge is -2.18. The number of hydrogen-bond acceptors (Lipinski definition) is 6. The monoisotopic (exact) mass is 1150 g/mol. The van der Waals surface area contributed by atoms with Gasteiger partial charge in [-0.3, -0.25) is 14.4 Å². The van der Waals surface area contributed by atoms with E-state index < -0.39 is 6.10 Å². The standard InChI is InChI=1S/C77H126O6/c1-4-7-10-13-16-19-22-24-26-28-30-32-34-35-36-37-38-39-40-41-43-44-46-48-50-52-55-58-61-64-67-70-76(79)82-73-74(72-81-75(78)69-66-63-60-57-54-21-18-15-12-9-6-3)83-77(80)71-68-65-62-59-56-53-51-49-47-45-42-33-31-29-27-25-23-20-17-14-11-8-5-2/h7,10,15-16,18-19,23-26,29-32,35-36,38-39,41,43,46,48,52,55,74H,4-6,8-9,11-14,17,20-22,27-28,33-34,37,40,42,44-45,47,49-51,53-54,56-73H2,1-3H3/b10-7-,18-15-,19-16-,25-23-,26-24-,31-29-,32-30-,36-35-,39-38-,43-41-,48-46-,55-52-. The summed E-state index contributed by atoms with van der Waals surface area (Å²) in [6, 6.07) is 0. The first-order valence-corrected chi connectivity index (χ1v) is 34.3. The molecular weight excluding hydrogens is 1020 g/mol. The Hall–Kier alpha value is -4.71. The van der Waals surface area contributed by atoms with Gasteiger partial charge < -0.3 is 14.2 Å². The van der Waals surface area contributed by atoms with Crippen LogP contribution in [0, 0.1) is 0 Å². The molecule has 0 rings (SSSR count). The molecule has 0 N–H and O–H groups in total. The fourth-order valence-electron chi connectivity index (χ4n) is 9.15. The van der Waals surface area contributed by atoms with Crippen LogP contribution in [0.3, 0.4) is 0 Å². The maximum absolute atomic E-state index is 12.9. The maximum atomic E-state index is 12.9. The molecule has 0 aliphatic carbocycles. The first-order chi connectivity index (χ1) is 41.0. The van der Waals surface area contributed by atoms with Crippen LogP contribution in [-0.4, -0.2) is 37.2 Å². The van der Waals surface area contributed by atoms with Crippen molar-refractivity contribution in [1.82, 2.24) is 0 Å². The summed E-state index contributed by atoms with van der Waals surface area (Å²) in [6.07, 6.45) is 100. The van der Waals surface area contributed by atoms with Gasteiger partial charge in [0.25, 0.3) is 0 Å². The number of carbonyl (C=O) groups is 3. The van der Waals surface area contributed by atoms with Crippen LogP contribution in [0.5, 0.6) is 0 Å². The number of carbonyl (C=O) groups excluding carboxylic acids is 3. The third-order valence-electron chi connectivity index (χ3n) is 14.3. The van der Waals surface area contributed by atoms with Crippen LogP contribution < -0.4 is 0 Å². The molecule has 0 aliphatic heterocycles. The molecule has 0 fully saturated rings. The Morgan fingerprint density at radius 2 is 0.482 bits per heavy atom. The predicted molar refractivity (Wildman–Crippen MR) is 362 cm³/mol. The van der Waals surface area contributed by atoms with Gasteiger partial charge in [-0.2, -0.15) is 0 Å². The number of rotatable bonds is 61. The third kappa shape index (κ3) is 68.0. The number of allylic oxidation sites excluding steroid dienone is 24. The molecular formula is C77H126O6. The average Bonchev–Trinajstić information content (AvgIpc) is 3.48. The van der Waals surface area contributed by atoms with Crippen LogP contribution in [0.2, 0.25) is 0 Å². The molecule has 0 aromatic rings. The van der Waals surface area contributed by atoms with Gasteiger partial charge in [0.05, 0.1) is 0 Å². The summed E-state index contributed by atoms with van der Waals surface area (Å²) in [5, 5.41) is 0. The van der Waals surface area contributed by atoms with Gasteiger partial charge in [-0.05, 0) is 141 Å². The van der Waals surface area contributed by atoms with Crippen LogP contribution in [0.15, 0.2) is 146 Å². The van der Waals surface area contributed by atoms with E-state index in [4.69, 9.17) is 14.2 Å². The van der Waals surface area contributed by atoms with Gasteiger partial charge in [-0.25, -0.2) is 0 Å². The summed E-state index contributed by atoms with van der Waals surface area (Å²) in [4.78, 5) is 38.3. The molecule has 0 heterocycles. The minimum Gasteiger partial charge on any atom is -0.462 e. The highest BCUT2D eigenvalue weighted by Gasteiger charge is 2.19. The molecule has 0 aliphatic rings. The molecule has 1 unspecified atom stereocenters. The Morgan fingerprint density at radius 3 is 0.795 bits per heavy atom. The zero-order chi connectivity index (χ0) is 59.9. The molecule has 1 atom stereocenters. The third-order valence-corrected chi connectivity index (χ3v) is 14.3. The van der Waals surface area contributed by atoms with E-state index in [2.05, 4.69) is 167 Å². The summed E-state index contributed by atoms with van der Waals surface area (Å²) in [6.45, 7) is 6.45. The molecule has 6 nitrogen and oxygen atoms in total. The van der Waals surface area contributed by atoms with Gasteiger partial charge in [0, 0.05) is 19.3 Å². The van der Waals surface area contributed by atoms with E-state index in [1.807, 2.05) is 0 Å². The molecule has 0 aromatic heterocycles. The first kappa shape index (κ1) is 78.3. The Balaban J connectivity index is 4.35. The minimum absolute atomic E-state index is 0.0974. The zero-order valence-corrected chi connectivity index (χ0v) is 53.9. The smallest absolute Gasteiger partial charge is 0.306 e. The van der Waals surface area contributed by atoms with Crippen molar-refractivity contribution in [3.05, 3.63) is 146 Å². The second kappa shape index (κ2) is 69.8. The fraction of sp³-hybridized carbons (Fsp3) is 0.649. The largest absolute Gasteiger partial charge is 0.462 e. The van der Waals surface area contributed by atoms with E-state index in [0.29, 0.717) is 19.3 Å². The highest BCUT2D eigenvalue weighted by atomic mass is 16.6. The quantitative estimate of drug-likeness (QED) is 0.0261. The number of hydrogen-bond donors (Lipinski definition) is 0. The van der Waals surface area contributed by atoms with Gasteiger partial charge in [-0.1, -0.05) is 289 Å². The van der Waals surface area contributed by atoms with Gasteiger partial charge in [-0.15, -0.1) is 0 Å². The molecule has 0 spiro atoms. The first-order valence-electron chi connectivity index (χ1n) is 34.3. The molecule has 470 valence electrons. The molecule has 6 heteroatoms. The Morgan fingerprint density at radius 1 is 0.253 bits per heavy atom. The highest BCUT2D eigenvalue weighted by Crippen LogP contribution is 2.15. The summed E-state index contributed by atoms with van der Waals surface area (Å²) in [5.74, 6) is -0.940. The normalized spacial score (nSPS) is 13.0. The zero-order valence-electron chi connectivity index (χ0n) is 53.9. The SMILES string of the molecule is CC/C=C\C/C=C\C/C=C\C/C=C\C/C=C\C/C=C\C/C=C\C/C=C\C/C=C\CCCCCC(=O)OCC(COC(=O)CCCCCCC/C=C\CCCC)OC(=O)CCCCCCCCCCCCC/C=C\C/C=C\CCCCCCC. The van der Waals surface area contributed by atoms with Crippen molar-refractivity contribution in [1.29, 1.82) is 0 Å². The lowest BCUT2D eigenvalue weighted by molar-refractivity contribution is -0.167. The fourth-order valence-corrected chi connectivity index (χ4v) is 9.15. The van der Waals surface area contributed by atoms with Gasteiger partial charge in [0.15, 0.2) is 6.10 Å². The molecule has 0 radical (unpaired) electrons. The molecule has 0 amide bonds. The molecule has 83 heavy (non-hydrogen) atoms. The Kier molecular flexibility index (Phi) is 65.8. The Labute approximate surface area is 512 Å². The average molecular weight is 1150 g/mol. The van der Waals surface area contributed by atoms with E-state index in [1.165, 1.54) is 122 Å². The topological polar surface area (TPSA) is 78.9 Å². The van der Waals surface area contributed by atoms with Crippen molar-refractivity contribution in [3.63, 3.8) is 0 Å². The van der Waals surface area contributed by atoms with Crippen LogP contribution in [0.25, 0.3) is 0 Å². The van der Waals surface area contributed by atoms with Crippen molar-refractivity contribution in [2.45, 2.75) is 309 Å². The van der Waals surface area contributed by atoms with Gasteiger partial charge in [0.1, 0.15) is 13.2 Å². The molecule has 0 bridgehead atoms. The lowest BCUT2D eigenvalue weighted by atomic mass is 10.0. The van der Waals surface area contributed by atoms with E-state index in [1.54, 1.807) is 0 Å². The van der Waals surface area contributed by atoms with Gasteiger partial charge in [0.2, 0.25) is 0 Å².